The molecule has 0 saturated carbocycles. The van der Waals surface area contributed by atoms with Gasteiger partial charge in [0, 0.05) is 37.1 Å². The molecule has 0 aliphatic carbocycles. The number of hydrogen-bond acceptors (Lipinski definition) is 5. The molecule has 1 amide bonds. The largest absolute Gasteiger partial charge is 0.352 e. The smallest absolute Gasteiger partial charge is 0.221 e. The van der Waals surface area contributed by atoms with Crippen LogP contribution in [0.5, 0.6) is 0 Å². The van der Waals surface area contributed by atoms with E-state index >= 15 is 0 Å². The first kappa shape index (κ1) is 16.0. The third kappa shape index (κ3) is 4.80. The van der Waals surface area contributed by atoms with E-state index < -0.39 is 0 Å². The summed E-state index contributed by atoms with van der Waals surface area (Å²) in [5.74, 6) is 2.24. The number of aromatic nitrogens is 3. The molecule has 122 valence electrons. The molecule has 1 aliphatic rings. The van der Waals surface area contributed by atoms with Crippen molar-refractivity contribution in [2.24, 2.45) is 0 Å². The lowest BCUT2D eigenvalue weighted by molar-refractivity contribution is -0.121. The van der Waals surface area contributed by atoms with Crippen molar-refractivity contribution in [3.8, 4) is 0 Å². The predicted molar refractivity (Wildman–Crippen MR) is 91.1 cm³/mol. The first-order valence-electron chi connectivity index (χ1n) is 7.78. The zero-order chi connectivity index (χ0) is 15.9. The third-order valence-corrected chi connectivity index (χ3v) is 4.95. The second-order valence-electron chi connectivity index (χ2n) is 5.57. The first-order chi connectivity index (χ1) is 11.3. The Kier molecular flexibility index (Phi) is 5.65. The third-order valence-electron chi connectivity index (χ3n) is 3.82. The van der Waals surface area contributed by atoms with Crippen LogP contribution in [-0.2, 0) is 17.9 Å². The summed E-state index contributed by atoms with van der Waals surface area (Å²) in [6.45, 7) is 2.19. The summed E-state index contributed by atoms with van der Waals surface area (Å²) < 4.78 is 1.78. The zero-order valence-electron chi connectivity index (χ0n) is 12.9. The van der Waals surface area contributed by atoms with Crippen LogP contribution in [0.3, 0.4) is 0 Å². The van der Waals surface area contributed by atoms with Crippen molar-refractivity contribution in [1.82, 2.24) is 25.4 Å². The summed E-state index contributed by atoms with van der Waals surface area (Å²) in [6, 6.07) is 8.38. The van der Waals surface area contributed by atoms with Crippen LogP contribution in [0.4, 0.5) is 0 Å². The van der Waals surface area contributed by atoms with Crippen LogP contribution < -0.4 is 10.6 Å². The highest BCUT2D eigenvalue weighted by Gasteiger charge is 2.16. The van der Waals surface area contributed by atoms with Crippen molar-refractivity contribution in [3.05, 3.63) is 48.0 Å². The highest BCUT2D eigenvalue weighted by atomic mass is 32.2. The number of nitrogens with zero attached hydrogens (tertiary/aromatic N) is 3. The monoisotopic (exact) mass is 331 g/mol. The maximum Gasteiger partial charge on any atom is 0.221 e. The van der Waals surface area contributed by atoms with E-state index in [1.165, 1.54) is 6.33 Å². The van der Waals surface area contributed by atoms with Crippen molar-refractivity contribution < 1.29 is 4.79 Å². The maximum atomic E-state index is 12.1. The molecule has 1 fully saturated rings. The number of nitrogens with one attached hydrogen (secondary N) is 2. The Balaban J connectivity index is 1.54. The lowest BCUT2D eigenvalue weighted by Crippen LogP contribution is -2.41. The molecule has 1 unspecified atom stereocenters. The fourth-order valence-corrected chi connectivity index (χ4v) is 3.56. The predicted octanol–water partition coefficient (Wildman–Crippen LogP) is 1.04. The molecule has 2 heterocycles. The van der Waals surface area contributed by atoms with Gasteiger partial charge in [-0.15, -0.1) is 0 Å². The number of hydrogen-bond donors (Lipinski definition) is 2. The van der Waals surface area contributed by atoms with E-state index in [0.717, 1.165) is 29.2 Å². The molecule has 2 aromatic rings. The van der Waals surface area contributed by atoms with E-state index in [9.17, 15) is 4.79 Å². The summed E-state index contributed by atoms with van der Waals surface area (Å²) in [5.41, 5.74) is 2.26. The average Bonchev–Trinajstić information content (AvgIpc) is 3.08. The minimum atomic E-state index is 0.0977. The minimum absolute atomic E-state index is 0.0977. The number of benzene rings is 1. The number of amides is 1. The molecule has 0 spiro atoms. The second kappa shape index (κ2) is 8.12. The van der Waals surface area contributed by atoms with Crippen molar-refractivity contribution in [1.29, 1.82) is 0 Å². The van der Waals surface area contributed by atoms with Crippen molar-refractivity contribution in [2.75, 3.05) is 18.1 Å². The normalized spacial score (nSPS) is 17.8. The Morgan fingerprint density at radius 2 is 2.26 bits per heavy atom. The van der Waals surface area contributed by atoms with Crippen LogP contribution in [0.25, 0.3) is 0 Å². The van der Waals surface area contributed by atoms with Gasteiger partial charge in [-0.25, -0.2) is 9.67 Å². The number of thioether (sulfide) groups is 1. The van der Waals surface area contributed by atoms with Crippen molar-refractivity contribution >= 4 is 17.7 Å². The van der Waals surface area contributed by atoms with Crippen LogP contribution >= 0.6 is 11.8 Å². The molecule has 1 aliphatic heterocycles. The fraction of sp³-hybridized carbons (Fsp3) is 0.438. The standard InChI is InChI=1S/C16H21N5OS/c22-16(7-15-10-23-6-5-18-15)19-8-13-3-1-2-4-14(13)9-21-12-17-11-20-21/h1-4,11-12,15,18H,5-10H2,(H,19,22). The van der Waals surface area contributed by atoms with E-state index in [2.05, 4.69) is 26.8 Å². The lowest BCUT2D eigenvalue weighted by atomic mass is 10.1. The molecule has 1 aromatic heterocycles. The number of carbonyl (C=O) groups excluding carboxylic acids is 1. The molecule has 1 aromatic carbocycles. The molecular formula is C16H21N5OS. The van der Waals surface area contributed by atoms with Gasteiger partial charge in [-0.3, -0.25) is 4.79 Å². The number of rotatable bonds is 6. The molecule has 2 N–H and O–H groups in total. The van der Waals surface area contributed by atoms with Crippen LogP contribution in [0, 0.1) is 0 Å². The Morgan fingerprint density at radius 3 is 3.00 bits per heavy atom. The quantitative estimate of drug-likeness (QED) is 0.827. The molecule has 1 atom stereocenters. The van der Waals surface area contributed by atoms with Crippen LogP contribution in [-0.4, -0.2) is 44.8 Å². The Labute approximate surface area is 140 Å². The zero-order valence-corrected chi connectivity index (χ0v) is 13.8. The van der Waals surface area contributed by atoms with Crippen molar-refractivity contribution in [2.45, 2.75) is 25.6 Å². The van der Waals surface area contributed by atoms with Gasteiger partial charge in [-0.05, 0) is 11.1 Å². The summed E-state index contributed by atoms with van der Waals surface area (Å²) in [7, 11) is 0. The van der Waals surface area contributed by atoms with Gasteiger partial charge in [0.05, 0.1) is 6.54 Å². The Morgan fingerprint density at radius 1 is 1.39 bits per heavy atom. The van der Waals surface area contributed by atoms with Gasteiger partial charge in [-0.2, -0.15) is 16.9 Å². The molecule has 23 heavy (non-hydrogen) atoms. The van der Waals surface area contributed by atoms with Gasteiger partial charge in [-0.1, -0.05) is 24.3 Å². The highest BCUT2D eigenvalue weighted by Crippen LogP contribution is 2.12. The average molecular weight is 331 g/mol. The SMILES string of the molecule is O=C(CC1CSCCN1)NCc1ccccc1Cn1cncn1. The van der Waals surface area contributed by atoms with Crippen molar-refractivity contribution in [3.63, 3.8) is 0 Å². The van der Waals surface area contributed by atoms with E-state index in [-0.39, 0.29) is 5.91 Å². The molecule has 0 radical (unpaired) electrons. The van der Waals surface area contributed by atoms with E-state index in [1.807, 2.05) is 30.0 Å². The van der Waals surface area contributed by atoms with Gasteiger partial charge >= 0.3 is 0 Å². The second-order valence-corrected chi connectivity index (χ2v) is 6.72. The molecule has 7 heteroatoms. The number of carbonyl (C=O) groups is 1. The minimum Gasteiger partial charge on any atom is -0.352 e. The van der Waals surface area contributed by atoms with Gasteiger partial charge in [0.2, 0.25) is 5.91 Å². The van der Waals surface area contributed by atoms with Crippen LogP contribution in [0.1, 0.15) is 17.5 Å². The highest BCUT2D eigenvalue weighted by molar-refractivity contribution is 7.99. The van der Waals surface area contributed by atoms with Gasteiger partial charge in [0.15, 0.2) is 0 Å². The van der Waals surface area contributed by atoms with Gasteiger partial charge < -0.3 is 10.6 Å². The first-order valence-corrected chi connectivity index (χ1v) is 8.94. The van der Waals surface area contributed by atoms with E-state index in [4.69, 9.17) is 0 Å². The van der Waals surface area contributed by atoms with E-state index in [0.29, 0.717) is 25.6 Å². The fourth-order valence-electron chi connectivity index (χ4n) is 2.61. The van der Waals surface area contributed by atoms with Crippen LogP contribution in [0.15, 0.2) is 36.9 Å². The summed E-state index contributed by atoms with van der Waals surface area (Å²) in [6.07, 6.45) is 3.76. The Hall–Kier alpha value is -1.86. The molecular weight excluding hydrogens is 310 g/mol. The van der Waals surface area contributed by atoms with Gasteiger partial charge in [0.25, 0.3) is 0 Å². The van der Waals surface area contributed by atoms with Crippen LogP contribution in [0.2, 0.25) is 0 Å². The molecule has 1 saturated heterocycles. The maximum absolute atomic E-state index is 12.1. The van der Waals surface area contributed by atoms with Gasteiger partial charge in [0.1, 0.15) is 12.7 Å². The molecule has 3 rings (SSSR count). The molecule has 0 bridgehead atoms. The topological polar surface area (TPSA) is 71.8 Å². The van der Waals surface area contributed by atoms with E-state index in [1.54, 1.807) is 11.0 Å². The summed E-state index contributed by atoms with van der Waals surface area (Å²) >= 11 is 1.91. The summed E-state index contributed by atoms with van der Waals surface area (Å²) in [4.78, 5) is 16.1. The lowest BCUT2D eigenvalue weighted by Gasteiger charge is -2.22. The summed E-state index contributed by atoms with van der Waals surface area (Å²) in [5, 5.41) is 10.6. The Bertz CT molecular complexity index is 625. The molecule has 6 nitrogen and oxygen atoms in total.